The van der Waals surface area contributed by atoms with E-state index < -0.39 is 0 Å². The lowest BCUT2D eigenvalue weighted by Gasteiger charge is -2.11. The van der Waals surface area contributed by atoms with Gasteiger partial charge in [0.1, 0.15) is 11.8 Å². The molecule has 80 valence electrons. The van der Waals surface area contributed by atoms with Crippen molar-refractivity contribution in [1.82, 2.24) is 0 Å². The summed E-state index contributed by atoms with van der Waals surface area (Å²) in [6, 6.07) is 7.45. The summed E-state index contributed by atoms with van der Waals surface area (Å²) in [6.45, 7) is 4.34. The summed E-state index contributed by atoms with van der Waals surface area (Å²) >= 11 is 5.91. The summed E-state index contributed by atoms with van der Waals surface area (Å²) in [4.78, 5) is 0. The molecule has 0 N–H and O–H groups in total. The lowest BCUT2D eigenvalue weighted by atomic mass is 10.0. The van der Waals surface area contributed by atoms with Gasteiger partial charge in [0, 0.05) is 5.02 Å². The first kappa shape index (κ1) is 11.9. The molecule has 0 spiro atoms. The van der Waals surface area contributed by atoms with Crippen LogP contribution in [0.5, 0.6) is 5.75 Å². The maximum atomic E-state index is 8.45. The lowest BCUT2D eigenvalue weighted by Crippen LogP contribution is -2.01. The highest BCUT2D eigenvalue weighted by molar-refractivity contribution is 6.30. The van der Waals surface area contributed by atoms with Gasteiger partial charge in [0.2, 0.25) is 0 Å². The van der Waals surface area contributed by atoms with Crippen LogP contribution in [0.25, 0.3) is 0 Å². The van der Waals surface area contributed by atoms with E-state index in [1.165, 1.54) is 0 Å². The van der Waals surface area contributed by atoms with Crippen molar-refractivity contribution >= 4 is 11.6 Å². The van der Waals surface area contributed by atoms with Gasteiger partial charge >= 0.3 is 0 Å². The maximum Gasteiger partial charge on any atom is 0.174 e. The van der Waals surface area contributed by atoms with Crippen LogP contribution in [0.2, 0.25) is 5.02 Å². The average molecular weight is 224 g/mol. The minimum atomic E-state index is 0.0761. The Balaban J connectivity index is 2.88. The number of hydrogen-bond acceptors (Lipinski definition) is 2. The third kappa shape index (κ3) is 3.81. The van der Waals surface area contributed by atoms with E-state index in [1.807, 2.05) is 18.2 Å². The third-order valence-corrected chi connectivity index (χ3v) is 2.18. The van der Waals surface area contributed by atoms with Crippen LogP contribution in [0.4, 0.5) is 0 Å². The van der Waals surface area contributed by atoms with Crippen LogP contribution in [-0.2, 0) is 6.42 Å². The SMILES string of the molecule is CC(C)Cc1cc(Cl)ccc1OCC#N. The van der Waals surface area contributed by atoms with Crippen LogP contribution >= 0.6 is 11.6 Å². The molecule has 1 aromatic rings. The summed E-state index contributed by atoms with van der Waals surface area (Å²) in [6.07, 6.45) is 0.904. The van der Waals surface area contributed by atoms with Crippen molar-refractivity contribution in [3.05, 3.63) is 28.8 Å². The van der Waals surface area contributed by atoms with Crippen molar-refractivity contribution in [2.45, 2.75) is 20.3 Å². The molecule has 0 radical (unpaired) electrons. The first-order valence-corrected chi connectivity index (χ1v) is 5.29. The van der Waals surface area contributed by atoms with Gasteiger partial charge in [-0.2, -0.15) is 5.26 Å². The van der Waals surface area contributed by atoms with Gasteiger partial charge < -0.3 is 4.74 Å². The molecule has 0 heterocycles. The number of nitriles is 1. The summed E-state index contributed by atoms with van der Waals surface area (Å²) in [5.74, 6) is 1.29. The van der Waals surface area contributed by atoms with E-state index in [0.717, 1.165) is 17.7 Å². The molecule has 0 bridgehead atoms. The van der Waals surface area contributed by atoms with Crippen LogP contribution in [0, 0.1) is 17.2 Å². The van der Waals surface area contributed by atoms with Gasteiger partial charge in [0.25, 0.3) is 0 Å². The van der Waals surface area contributed by atoms with Crippen LogP contribution in [0.15, 0.2) is 18.2 Å². The van der Waals surface area contributed by atoms with Crippen molar-refractivity contribution in [3.8, 4) is 11.8 Å². The predicted molar refractivity (Wildman–Crippen MR) is 61.1 cm³/mol. The number of hydrogen-bond donors (Lipinski definition) is 0. The summed E-state index contributed by atoms with van der Waals surface area (Å²) in [5.41, 5.74) is 1.06. The molecule has 2 nitrogen and oxygen atoms in total. The Morgan fingerprint density at radius 2 is 2.20 bits per heavy atom. The quantitative estimate of drug-likeness (QED) is 0.784. The van der Waals surface area contributed by atoms with Crippen molar-refractivity contribution in [2.75, 3.05) is 6.61 Å². The maximum absolute atomic E-state index is 8.45. The van der Waals surface area contributed by atoms with Gasteiger partial charge in [-0.25, -0.2) is 0 Å². The predicted octanol–water partition coefficient (Wildman–Crippen LogP) is 3.44. The number of rotatable bonds is 4. The molecular weight excluding hydrogens is 210 g/mol. The Labute approximate surface area is 95.4 Å². The van der Waals surface area contributed by atoms with Crippen molar-refractivity contribution < 1.29 is 4.74 Å². The second-order valence-corrected chi connectivity index (χ2v) is 4.23. The molecule has 0 amide bonds. The van der Waals surface area contributed by atoms with Crippen LogP contribution in [0.3, 0.4) is 0 Å². The molecule has 0 aliphatic carbocycles. The van der Waals surface area contributed by atoms with E-state index in [9.17, 15) is 0 Å². The summed E-state index contributed by atoms with van der Waals surface area (Å²) in [7, 11) is 0. The van der Waals surface area contributed by atoms with E-state index in [2.05, 4.69) is 13.8 Å². The Kier molecular flexibility index (Phi) is 4.45. The molecule has 0 atom stereocenters. The van der Waals surface area contributed by atoms with E-state index >= 15 is 0 Å². The van der Waals surface area contributed by atoms with E-state index in [0.29, 0.717) is 10.9 Å². The summed E-state index contributed by atoms with van der Waals surface area (Å²) in [5, 5.41) is 9.16. The average Bonchev–Trinajstić information content (AvgIpc) is 2.16. The van der Waals surface area contributed by atoms with Crippen molar-refractivity contribution in [1.29, 1.82) is 5.26 Å². The van der Waals surface area contributed by atoms with Crippen LogP contribution < -0.4 is 4.74 Å². The molecule has 0 saturated heterocycles. The number of halogens is 1. The minimum absolute atomic E-state index is 0.0761. The Bertz CT molecular complexity index is 368. The molecule has 1 aromatic carbocycles. The van der Waals surface area contributed by atoms with Gasteiger partial charge in [-0.1, -0.05) is 25.4 Å². The fourth-order valence-corrected chi connectivity index (χ4v) is 1.59. The highest BCUT2D eigenvalue weighted by Crippen LogP contribution is 2.25. The van der Waals surface area contributed by atoms with Crippen LogP contribution in [-0.4, -0.2) is 6.61 Å². The second-order valence-electron chi connectivity index (χ2n) is 3.80. The number of ether oxygens (including phenoxy) is 1. The standard InChI is InChI=1S/C12H14ClNO/c1-9(2)7-10-8-11(13)3-4-12(10)15-6-5-14/h3-4,8-9H,6-7H2,1-2H3. The molecule has 1 rings (SSSR count). The largest absolute Gasteiger partial charge is 0.478 e. The van der Waals surface area contributed by atoms with Crippen molar-refractivity contribution in [2.24, 2.45) is 5.92 Å². The lowest BCUT2D eigenvalue weighted by molar-refractivity contribution is 0.362. The Morgan fingerprint density at radius 3 is 2.80 bits per heavy atom. The molecule has 0 aliphatic rings. The fraction of sp³-hybridized carbons (Fsp3) is 0.417. The zero-order chi connectivity index (χ0) is 11.3. The zero-order valence-corrected chi connectivity index (χ0v) is 9.71. The minimum Gasteiger partial charge on any atom is -0.478 e. The van der Waals surface area contributed by atoms with Gasteiger partial charge in [-0.15, -0.1) is 0 Å². The first-order chi connectivity index (χ1) is 7.13. The van der Waals surface area contributed by atoms with Gasteiger partial charge in [-0.05, 0) is 36.1 Å². The smallest absolute Gasteiger partial charge is 0.174 e. The molecule has 3 heteroatoms. The highest BCUT2D eigenvalue weighted by atomic mass is 35.5. The molecule has 0 aliphatic heterocycles. The number of benzene rings is 1. The fourth-order valence-electron chi connectivity index (χ4n) is 1.40. The normalized spacial score (nSPS) is 10.1. The molecule has 15 heavy (non-hydrogen) atoms. The van der Waals surface area contributed by atoms with Gasteiger partial charge in [0.15, 0.2) is 6.61 Å². The van der Waals surface area contributed by atoms with Crippen LogP contribution in [0.1, 0.15) is 19.4 Å². The Hall–Kier alpha value is -1.20. The third-order valence-electron chi connectivity index (χ3n) is 1.94. The van der Waals surface area contributed by atoms with Gasteiger partial charge in [-0.3, -0.25) is 0 Å². The van der Waals surface area contributed by atoms with E-state index in [4.69, 9.17) is 21.6 Å². The molecule has 0 fully saturated rings. The highest BCUT2D eigenvalue weighted by Gasteiger charge is 2.06. The number of nitrogens with zero attached hydrogens (tertiary/aromatic N) is 1. The van der Waals surface area contributed by atoms with Gasteiger partial charge in [0.05, 0.1) is 0 Å². The van der Waals surface area contributed by atoms with Crippen molar-refractivity contribution in [3.63, 3.8) is 0 Å². The molecule has 0 saturated carbocycles. The molecule has 0 aromatic heterocycles. The second kappa shape index (κ2) is 5.63. The van der Waals surface area contributed by atoms with E-state index in [-0.39, 0.29) is 6.61 Å². The topological polar surface area (TPSA) is 33.0 Å². The summed E-state index contributed by atoms with van der Waals surface area (Å²) < 4.78 is 5.32. The molecular formula is C12H14ClNO. The Morgan fingerprint density at radius 1 is 1.47 bits per heavy atom. The monoisotopic (exact) mass is 223 g/mol. The van der Waals surface area contributed by atoms with E-state index in [1.54, 1.807) is 6.07 Å². The zero-order valence-electron chi connectivity index (χ0n) is 8.96. The first-order valence-electron chi connectivity index (χ1n) is 4.91. The molecule has 0 unspecified atom stereocenters.